The van der Waals surface area contributed by atoms with E-state index in [0.29, 0.717) is 0 Å². The Bertz CT molecular complexity index is 3350. The fourth-order valence-electron chi connectivity index (χ4n) is 14.1. The zero-order valence-electron chi connectivity index (χ0n) is 33.7. The van der Waals surface area contributed by atoms with Crippen LogP contribution in [0.25, 0.3) is 98.4 Å². The predicted octanol–water partition coefficient (Wildman–Crippen LogP) is 16.2. The Labute approximate surface area is 351 Å². The van der Waals surface area contributed by atoms with E-state index in [4.69, 9.17) is 0 Å². The summed E-state index contributed by atoms with van der Waals surface area (Å²) in [6, 6.07) is 69.7. The molecule has 0 aromatic heterocycles. The Morgan fingerprint density at radius 1 is 0.300 bits per heavy atom. The molecule has 60 heavy (non-hydrogen) atoms. The summed E-state index contributed by atoms with van der Waals surface area (Å²) in [5.74, 6) is 3.31. The van der Waals surface area contributed by atoms with Crippen LogP contribution in [0.15, 0.2) is 182 Å². The molecule has 1 spiro atoms. The zero-order chi connectivity index (χ0) is 39.1. The normalized spacial score (nSPS) is 22.4. The summed E-state index contributed by atoms with van der Waals surface area (Å²) in [7, 11) is 0. The monoisotopic (exact) mass is 764 g/mol. The molecule has 0 amide bonds. The van der Waals surface area contributed by atoms with Gasteiger partial charge in [0.2, 0.25) is 0 Å². The van der Waals surface area contributed by atoms with Gasteiger partial charge in [-0.2, -0.15) is 0 Å². The lowest BCUT2D eigenvalue weighted by Crippen LogP contribution is -2.55. The minimum Gasteiger partial charge on any atom is -0.0622 e. The summed E-state index contributed by atoms with van der Waals surface area (Å²) in [4.78, 5) is 0. The number of fused-ring (bicyclic) bond motifs is 10. The Morgan fingerprint density at radius 3 is 1.37 bits per heavy atom. The first-order valence-electron chi connectivity index (χ1n) is 22.4. The molecule has 5 aliphatic carbocycles. The van der Waals surface area contributed by atoms with Gasteiger partial charge in [0, 0.05) is 5.41 Å². The number of benzene rings is 10. The minimum atomic E-state index is 0.125. The van der Waals surface area contributed by atoms with Crippen LogP contribution in [0.2, 0.25) is 0 Å². The van der Waals surface area contributed by atoms with Crippen molar-refractivity contribution in [3.8, 4) is 44.5 Å². The molecule has 5 aliphatic rings. The second kappa shape index (κ2) is 12.3. The largest absolute Gasteiger partial charge is 0.0622 e. The highest BCUT2D eigenvalue weighted by Crippen LogP contribution is 2.70. The molecule has 10 aromatic carbocycles. The number of hydrogen-bond acceptors (Lipinski definition) is 0. The van der Waals surface area contributed by atoms with Gasteiger partial charge in [-0.1, -0.05) is 176 Å². The maximum Gasteiger partial charge on any atom is 0.0272 e. The van der Waals surface area contributed by atoms with Gasteiger partial charge in [-0.3, -0.25) is 0 Å². The molecule has 0 atom stereocenters. The van der Waals surface area contributed by atoms with Crippen LogP contribution in [0.4, 0.5) is 0 Å². The summed E-state index contributed by atoms with van der Waals surface area (Å²) in [6.07, 6.45) is 7.05. The molecule has 4 bridgehead atoms. The van der Waals surface area contributed by atoms with Crippen LogP contribution in [-0.2, 0) is 5.41 Å². The van der Waals surface area contributed by atoms with E-state index in [-0.39, 0.29) is 5.41 Å². The van der Waals surface area contributed by atoms with Gasteiger partial charge in [0.15, 0.2) is 0 Å². The maximum absolute atomic E-state index is 2.63. The zero-order valence-corrected chi connectivity index (χ0v) is 33.7. The minimum absolute atomic E-state index is 0.125. The highest BCUT2D eigenvalue weighted by Gasteiger charge is 2.61. The quantitative estimate of drug-likeness (QED) is 0.124. The van der Waals surface area contributed by atoms with Crippen molar-refractivity contribution in [1.82, 2.24) is 0 Å². The average Bonchev–Trinajstić information content (AvgIpc) is 3.60. The molecule has 284 valence electrons. The van der Waals surface area contributed by atoms with Crippen molar-refractivity contribution in [3.05, 3.63) is 193 Å². The van der Waals surface area contributed by atoms with Crippen LogP contribution in [0, 0.1) is 23.7 Å². The van der Waals surface area contributed by atoms with Crippen LogP contribution in [0.1, 0.15) is 43.2 Å². The molecule has 4 saturated carbocycles. The molecule has 10 aromatic rings. The first kappa shape index (κ1) is 33.3. The molecular formula is C60H44. The van der Waals surface area contributed by atoms with Gasteiger partial charge in [-0.05, 0) is 171 Å². The van der Waals surface area contributed by atoms with E-state index >= 15 is 0 Å². The van der Waals surface area contributed by atoms with Gasteiger partial charge >= 0.3 is 0 Å². The SMILES string of the molecule is c1ccc(-c2c(-c3c4ccccc4c(-c4ccc5c(c4)-c4c(ccc6ccccc46)C54C5CC6CC(C5)CC4C6)c4ccccc34)c3ccccc3c3ccccc23)cc1. The lowest BCUT2D eigenvalue weighted by molar-refractivity contribution is -0.0399. The Balaban J connectivity index is 1.09. The van der Waals surface area contributed by atoms with Gasteiger partial charge in [-0.15, -0.1) is 0 Å². The van der Waals surface area contributed by atoms with E-state index in [9.17, 15) is 0 Å². The smallest absolute Gasteiger partial charge is 0.0272 e. The van der Waals surface area contributed by atoms with Gasteiger partial charge < -0.3 is 0 Å². The fourth-order valence-corrected chi connectivity index (χ4v) is 14.1. The maximum atomic E-state index is 2.63. The molecule has 0 unspecified atom stereocenters. The Kier molecular flexibility index (Phi) is 6.82. The fraction of sp³-hybridized carbons (Fsp3) is 0.167. The van der Waals surface area contributed by atoms with E-state index in [1.807, 2.05) is 0 Å². The van der Waals surface area contributed by atoms with E-state index in [1.165, 1.54) is 130 Å². The van der Waals surface area contributed by atoms with Crippen molar-refractivity contribution in [1.29, 1.82) is 0 Å². The number of rotatable bonds is 3. The first-order valence-corrected chi connectivity index (χ1v) is 22.4. The summed E-state index contributed by atoms with van der Waals surface area (Å²) in [5.41, 5.74) is 14.2. The third kappa shape index (κ3) is 4.31. The summed E-state index contributed by atoms with van der Waals surface area (Å²) in [6.45, 7) is 0. The van der Waals surface area contributed by atoms with E-state index in [2.05, 4.69) is 182 Å². The third-order valence-corrected chi connectivity index (χ3v) is 16.0. The lowest BCUT2D eigenvalue weighted by atomic mass is 9.43. The van der Waals surface area contributed by atoms with Crippen LogP contribution >= 0.6 is 0 Å². The van der Waals surface area contributed by atoms with Crippen molar-refractivity contribution in [2.75, 3.05) is 0 Å². The van der Waals surface area contributed by atoms with Gasteiger partial charge in [-0.25, -0.2) is 0 Å². The van der Waals surface area contributed by atoms with Crippen molar-refractivity contribution in [3.63, 3.8) is 0 Å². The summed E-state index contributed by atoms with van der Waals surface area (Å²) >= 11 is 0. The Hall–Kier alpha value is -6.50. The molecular weight excluding hydrogens is 721 g/mol. The van der Waals surface area contributed by atoms with Crippen molar-refractivity contribution in [2.24, 2.45) is 23.7 Å². The van der Waals surface area contributed by atoms with Crippen molar-refractivity contribution >= 4 is 53.9 Å². The second-order valence-electron chi connectivity index (χ2n) is 18.7. The predicted molar refractivity (Wildman–Crippen MR) is 254 cm³/mol. The molecule has 0 saturated heterocycles. The van der Waals surface area contributed by atoms with Crippen LogP contribution in [-0.4, -0.2) is 0 Å². The molecule has 0 heterocycles. The lowest BCUT2D eigenvalue weighted by Gasteiger charge is -2.61. The summed E-state index contributed by atoms with van der Waals surface area (Å²) in [5, 5.41) is 13.2. The Morgan fingerprint density at radius 2 is 0.767 bits per heavy atom. The highest BCUT2D eigenvalue weighted by atomic mass is 14.6. The topological polar surface area (TPSA) is 0 Å². The molecule has 0 radical (unpaired) electrons. The molecule has 0 nitrogen and oxygen atoms in total. The second-order valence-corrected chi connectivity index (χ2v) is 18.7. The average molecular weight is 765 g/mol. The van der Waals surface area contributed by atoms with E-state index in [1.54, 1.807) is 11.1 Å². The van der Waals surface area contributed by atoms with E-state index < -0.39 is 0 Å². The van der Waals surface area contributed by atoms with Crippen molar-refractivity contribution < 1.29 is 0 Å². The van der Waals surface area contributed by atoms with Gasteiger partial charge in [0.05, 0.1) is 0 Å². The molecule has 15 rings (SSSR count). The third-order valence-electron chi connectivity index (χ3n) is 16.0. The first-order chi connectivity index (χ1) is 29.8. The van der Waals surface area contributed by atoms with Crippen LogP contribution in [0.3, 0.4) is 0 Å². The van der Waals surface area contributed by atoms with Crippen molar-refractivity contribution in [2.45, 2.75) is 37.5 Å². The molecule has 0 N–H and O–H groups in total. The molecule has 4 fully saturated rings. The standard InChI is InChI=1S/C60H44/c1-2-15-39(16-3-1)56-46-20-8-6-18-44(46)45-19-7-9-21-47(45)59(56)58-50-24-12-10-22-48(50)55(49-23-11-13-25-51(49)58)40-27-28-53-52(35-40)57-43-17-5-4-14-38(43)26-29-54(57)60(53)41-31-36-30-37(33-41)34-42(60)32-36/h1-29,35-37,41-42H,30-34H2. The highest BCUT2D eigenvalue weighted by molar-refractivity contribution is 6.29. The van der Waals surface area contributed by atoms with Gasteiger partial charge in [0.1, 0.15) is 0 Å². The molecule has 0 heteroatoms. The summed E-state index contributed by atoms with van der Waals surface area (Å²) < 4.78 is 0. The van der Waals surface area contributed by atoms with E-state index in [0.717, 1.165) is 23.7 Å². The molecule has 0 aliphatic heterocycles. The van der Waals surface area contributed by atoms with Crippen LogP contribution < -0.4 is 0 Å². The number of hydrogen-bond donors (Lipinski definition) is 0. The van der Waals surface area contributed by atoms with Gasteiger partial charge in [0.25, 0.3) is 0 Å². The van der Waals surface area contributed by atoms with Crippen LogP contribution in [0.5, 0.6) is 0 Å².